The number of carbonyl (C=O) groups excluding carboxylic acids is 2. The monoisotopic (exact) mass is 335 g/mol. The third-order valence-corrected chi connectivity index (χ3v) is 4.57. The van der Waals surface area contributed by atoms with Gasteiger partial charge in [-0.25, -0.2) is 4.39 Å². The predicted octanol–water partition coefficient (Wildman–Crippen LogP) is 1.79. The Morgan fingerprint density at radius 2 is 1.88 bits per heavy atom. The van der Waals surface area contributed by atoms with E-state index in [-0.39, 0.29) is 23.0 Å². The molecule has 1 fully saturated rings. The van der Waals surface area contributed by atoms with Crippen molar-refractivity contribution in [2.75, 3.05) is 32.7 Å². The summed E-state index contributed by atoms with van der Waals surface area (Å²) >= 11 is 0. The topological polar surface area (TPSA) is 61.4 Å². The molecule has 1 aliphatic heterocycles. The van der Waals surface area contributed by atoms with Crippen LogP contribution in [0.15, 0.2) is 24.3 Å². The molecule has 132 valence electrons. The lowest BCUT2D eigenvalue weighted by Crippen LogP contribution is -2.51. The second kappa shape index (κ2) is 8.24. The van der Waals surface area contributed by atoms with E-state index in [2.05, 4.69) is 22.5 Å². The number of amides is 2. The number of carbonyl (C=O) groups is 2. The van der Waals surface area contributed by atoms with E-state index in [4.69, 9.17) is 0 Å². The number of benzene rings is 1. The number of rotatable bonds is 6. The van der Waals surface area contributed by atoms with Gasteiger partial charge in [-0.2, -0.15) is 0 Å². The molecular formula is C18H26FN3O2. The van der Waals surface area contributed by atoms with Crippen LogP contribution < -0.4 is 10.6 Å². The minimum absolute atomic E-state index is 0.0386. The normalized spacial score (nSPS) is 21.3. The number of nitrogens with zero attached hydrogens (tertiary/aromatic N) is 1. The molecule has 0 radical (unpaired) electrons. The van der Waals surface area contributed by atoms with Gasteiger partial charge in [0.15, 0.2) is 0 Å². The van der Waals surface area contributed by atoms with Crippen LogP contribution in [0.2, 0.25) is 0 Å². The SMILES string of the molecule is CCN1CCC[C@](C)(C(=O)NCCNC(=O)c2ccc(F)cc2)C1. The van der Waals surface area contributed by atoms with Crippen LogP contribution >= 0.6 is 0 Å². The van der Waals surface area contributed by atoms with Gasteiger partial charge in [0.2, 0.25) is 5.91 Å². The molecule has 1 saturated heterocycles. The van der Waals surface area contributed by atoms with Gasteiger partial charge < -0.3 is 15.5 Å². The Morgan fingerprint density at radius 3 is 2.54 bits per heavy atom. The number of nitrogens with one attached hydrogen (secondary N) is 2. The van der Waals surface area contributed by atoms with Gasteiger partial charge in [0.1, 0.15) is 5.82 Å². The minimum Gasteiger partial charge on any atom is -0.354 e. The quantitative estimate of drug-likeness (QED) is 0.779. The van der Waals surface area contributed by atoms with Crippen LogP contribution in [-0.2, 0) is 4.79 Å². The predicted molar refractivity (Wildman–Crippen MR) is 91.2 cm³/mol. The van der Waals surface area contributed by atoms with Crippen molar-refractivity contribution in [3.8, 4) is 0 Å². The molecule has 2 rings (SSSR count). The van der Waals surface area contributed by atoms with Crippen LogP contribution in [0, 0.1) is 11.2 Å². The molecule has 1 aliphatic rings. The summed E-state index contributed by atoms with van der Waals surface area (Å²) in [4.78, 5) is 26.6. The smallest absolute Gasteiger partial charge is 0.251 e. The van der Waals surface area contributed by atoms with Gasteiger partial charge in [-0.1, -0.05) is 6.92 Å². The average Bonchev–Trinajstić information content (AvgIpc) is 2.58. The Balaban J connectivity index is 1.74. The molecule has 24 heavy (non-hydrogen) atoms. The lowest BCUT2D eigenvalue weighted by atomic mass is 9.81. The summed E-state index contributed by atoms with van der Waals surface area (Å²) in [6.07, 6.45) is 1.91. The third kappa shape index (κ3) is 4.77. The summed E-state index contributed by atoms with van der Waals surface area (Å²) in [7, 11) is 0. The highest BCUT2D eigenvalue weighted by Gasteiger charge is 2.36. The van der Waals surface area contributed by atoms with Crippen molar-refractivity contribution in [1.29, 1.82) is 0 Å². The zero-order valence-electron chi connectivity index (χ0n) is 14.4. The molecule has 0 bridgehead atoms. The van der Waals surface area contributed by atoms with E-state index in [0.717, 1.165) is 32.5 Å². The van der Waals surface area contributed by atoms with E-state index in [9.17, 15) is 14.0 Å². The van der Waals surface area contributed by atoms with E-state index in [0.29, 0.717) is 18.7 Å². The van der Waals surface area contributed by atoms with Crippen LogP contribution in [-0.4, -0.2) is 49.4 Å². The summed E-state index contributed by atoms with van der Waals surface area (Å²) in [5.41, 5.74) is 0.0374. The molecular weight excluding hydrogens is 309 g/mol. The molecule has 0 aliphatic carbocycles. The Morgan fingerprint density at radius 1 is 1.21 bits per heavy atom. The lowest BCUT2D eigenvalue weighted by molar-refractivity contribution is -0.133. The highest BCUT2D eigenvalue weighted by molar-refractivity contribution is 5.94. The van der Waals surface area contributed by atoms with Crippen molar-refractivity contribution in [2.45, 2.75) is 26.7 Å². The first-order valence-electron chi connectivity index (χ1n) is 8.49. The number of likely N-dealkylation sites (tertiary alicyclic amines) is 1. The van der Waals surface area contributed by atoms with E-state index >= 15 is 0 Å². The van der Waals surface area contributed by atoms with Crippen LogP contribution in [0.5, 0.6) is 0 Å². The van der Waals surface area contributed by atoms with Crippen molar-refractivity contribution in [3.63, 3.8) is 0 Å². The maximum absolute atomic E-state index is 12.8. The average molecular weight is 335 g/mol. The molecule has 0 aromatic heterocycles. The first kappa shape index (κ1) is 18.4. The van der Waals surface area contributed by atoms with Crippen molar-refractivity contribution in [1.82, 2.24) is 15.5 Å². The maximum Gasteiger partial charge on any atom is 0.251 e. The highest BCUT2D eigenvalue weighted by Crippen LogP contribution is 2.29. The fourth-order valence-electron chi connectivity index (χ4n) is 3.07. The summed E-state index contributed by atoms with van der Waals surface area (Å²) < 4.78 is 12.8. The number of hydrogen-bond acceptors (Lipinski definition) is 3. The molecule has 5 nitrogen and oxygen atoms in total. The molecule has 6 heteroatoms. The first-order chi connectivity index (χ1) is 11.4. The number of piperidine rings is 1. The van der Waals surface area contributed by atoms with Crippen LogP contribution in [0.4, 0.5) is 4.39 Å². The second-order valence-electron chi connectivity index (χ2n) is 6.55. The van der Waals surface area contributed by atoms with Crippen molar-refractivity contribution >= 4 is 11.8 Å². The Labute approximate surface area is 142 Å². The van der Waals surface area contributed by atoms with Crippen molar-refractivity contribution in [2.24, 2.45) is 5.41 Å². The van der Waals surface area contributed by atoms with Gasteiger partial charge in [0, 0.05) is 25.2 Å². The molecule has 2 amide bonds. The number of hydrogen-bond donors (Lipinski definition) is 2. The van der Waals surface area contributed by atoms with Crippen LogP contribution in [0.3, 0.4) is 0 Å². The number of halogens is 1. The van der Waals surface area contributed by atoms with Gasteiger partial charge in [0.25, 0.3) is 5.91 Å². The Kier molecular flexibility index (Phi) is 6.31. The zero-order chi connectivity index (χ0) is 17.6. The van der Waals surface area contributed by atoms with Crippen molar-refractivity contribution in [3.05, 3.63) is 35.6 Å². The van der Waals surface area contributed by atoms with Crippen molar-refractivity contribution < 1.29 is 14.0 Å². The Hall–Kier alpha value is -1.95. The van der Waals surface area contributed by atoms with E-state index in [1.807, 2.05) is 6.92 Å². The fourth-order valence-corrected chi connectivity index (χ4v) is 3.07. The highest BCUT2D eigenvalue weighted by atomic mass is 19.1. The van der Waals surface area contributed by atoms with Crippen LogP contribution in [0.1, 0.15) is 37.0 Å². The van der Waals surface area contributed by atoms with Gasteiger partial charge in [-0.05, 0) is 57.1 Å². The largest absolute Gasteiger partial charge is 0.354 e. The minimum atomic E-state index is -0.374. The molecule has 0 unspecified atom stereocenters. The van der Waals surface area contributed by atoms with E-state index in [1.165, 1.54) is 24.3 Å². The summed E-state index contributed by atoms with van der Waals surface area (Å²) in [5, 5.41) is 5.64. The summed E-state index contributed by atoms with van der Waals surface area (Å²) in [6.45, 7) is 7.61. The summed E-state index contributed by atoms with van der Waals surface area (Å²) in [6, 6.07) is 5.37. The molecule has 1 heterocycles. The molecule has 1 atom stereocenters. The standard InChI is InChI=1S/C18H26FN3O2/c1-3-22-12-4-9-18(2,13-22)17(24)21-11-10-20-16(23)14-5-7-15(19)8-6-14/h5-8H,3-4,9-13H2,1-2H3,(H,20,23)(H,21,24)/t18-/m0/s1. The molecule has 0 saturated carbocycles. The molecule has 0 spiro atoms. The van der Waals surface area contributed by atoms with E-state index < -0.39 is 0 Å². The third-order valence-electron chi connectivity index (χ3n) is 4.57. The van der Waals surface area contributed by atoms with Crippen LogP contribution in [0.25, 0.3) is 0 Å². The molecule has 2 N–H and O–H groups in total. The van der Waals surface area contributed by atoms with Gasteiger partial charge >= 0.3 is 0 Å². The maximum atomic E-state index is 12.8. The fraction of sp³-hybridized carbons (Fsp3) is 0.556. The summed E-state index contributed by atoms with van der Waals surface area (Å²) in [5.74, 6) is -0.609. The lowest BCUT2D eigenvalue weighted by Gasteiger charge is -2.38. The van der Waals surface area contributed by atoms with Gasteiger partial charge in [0.05, 0.1) is 5.41 Å². The van der Waals surface area contributed by atoms with Gasteiger partial charge in [-0.15, -0.1) is 0 Å². The molecule has 1 aromatic rings. The molecule has 1 aromatic carbocycles. The Bertz CT molecular complexity index is 576. The second-order valence-corrected chi connectivity index (χ2v) is 6.55. The van der Waals surface area contributed by atoms with Gasteiger partial charge in [-0.3, -0.25) is 9.59 Å². The first-order valence-corrected chi connectivity index (χ1v) is 8.49. The zero-order valence-corrected chi connectivity index (χ0v) is 14.4. The van der Waals surface area contributed by atoms with E-state index in [1.54, 1.807) is 0 Å².